The first-order valence-electron chi connectivity index (χ1n) is 21.2. The van der Waals surface area contributed by atoms with Gasteiger partial charge in [-0.1, -0.05) is 164 Å². The molecule has 0 saturated carbocycles. The van der Waals surface area contributed by atoms with Gasteiger partial charge >= 0.3 is 0 Å². The second-order valence-electron chi connectivity index (χ2n) is 16.4. The van der Waals surface area contributed by atoms with Gasteiger partial charge in [-0.25, -0.2) is 9.97 Å². The van der Waals surface area contributed by atoms with Gasteiger partial charge in [0.1, 0.15) is 16.8 Å². The van der Waals surface area contributed by atoms with Gasteiger partial charge in [0.15, 0.2) is 11.4 Å². The van der Waals surface area contributed by atoms with Crippen molar-refractivity contribution in [1.82, 2.24) is 14.5 Å². The molecule has 0 radical (unpaired) electrons. The predicted octanol–water partition coefficient (Wildman–Crippen LogP) is 15.7. The van der Waals surface area contributed by atoms with E-state index in [0.29, 0.717) is 11.4 Å². The molecule has 0 spiro atoms. The van der Waals surface area contributed by atoms with Gasteiger partial charge < -0.3 is 8.98 Å². The van der Waals surface area contributed by atoms with Gasteiger partial charge in [0.05, 0.1) is 16.7 Å². The topological polar surface area (TPSA) is 43.9 Å². The molecule has 4 nitrogen and oxygen atoms in total. The summed E-state index contributed by atoms with van der Waals surface area (Å²) in [7, 11) is 0. The molecule has 4 heteroatoms. The van der Waals surface area contributed by atoms with E-state index in [-0.39, 0.29) is 0 Å². The highest BCUT2D eigenvalue weighted by atomic mass is 16.3. The maximum Gasteiger partial charge on any atom is 0.180 e. The highest BCUT2D eigenvalue weighted by Crippen LogP contribution is 2.47. The molecule has 0 aliphatic carbocycles. The lowest BCUT2D eigenvalue weighted by Crippen LogP contribution is -1.98. The maximum absolute atomic E-state index is 6.75. The molecule has 0 amide bonds. The summed E-state index contributed by atoms with van der Waals surface area (Å²) in [5.74, 6) is 0.665. The molecule has 14 rings (SSSR count). The van der Waals surface area contributed by atoms with E-state index >= 15 is 0 Å². The predicted molar refractivity (Wildman–Crippen MR) is 259 cm³/mol. The fourth-order valence-electron chi connectivity index (χ4n) is 10.4. The van der Waals surface area contributed by atoms with Crippen molar-refractivity contribution in [1.29, 1.82) is 0 Å². The fraction of sp³-hybridized carbons (Fsp3) is 0. The summed E-state index contributed by atoms with van der Waals surface area (Å²) in [5, 5.41) is 16.0. The number of benzene rings is 11. The average Bonchev–Trinajstić information content (AvgIpc) is 3.89. The van der Waals surface area contributed by atoms with Crippen LogP contribution in [0.3, 0.4) is 0 Å². The van der Waals surface area contributed by atoms with Gasteiger partial charge in [-0.2, -0.15) is 0 Å². The molecule has 14 aromatic rings. The van der Waals surface area contributed by atoms with E-state index in [1.165, 1.54) is 75.7 Å². The van der Waals surface area contributed by atoms with Crippen LogP contribution in [0.25, 0.3) is 137 Å². The van der Waals surface area contributed by atoms with Crippen LogP contribution in [-0.2, 0) is 0 Å². The molecule has 0 aliphatic rings. The minimum absolute atomic E-state index is 0.665. The van der Waals surface area contributed by atoms with Crippen LogP contribution in [0.5, 0.6) is 0 Å². The van der Waals surface area contributed by atoms with Crippen molar-refractivity contribution in [2.75, 3.05) is 0 Å². The number of rotatable bonds is 4. The van der Waals surface area contributed by atoms with Crippen molar-refractivity contribution in [3.05, 3.63) is 200 Å². The fourth-order valence-corrected chi connectivity index (χ4v) is 10.4. The number of aromatic nitrogens is 3. The summed E-state index contributed by atoms with van der Waals surface area (Å²) in [6.07, 6.45) is 0. The van der Waals surface area contributed by atoms with Crippen LogP contribution in [-0.4, -0.2) is 14.5 Å². The Kier molecular flexibility index (Phi) is 6.80. The molecule has 0 saturated heterocycles. The molecule has 0 fully saturated rings. The molecular weight excluding hydrogens is 755 g/mol. The van der Waals surface area contributed by atoms with Crippen molar-refractivity contribution >= 4 is 97.7 Å². The van der Waals surface area contributed by atoms with Crippen LogP contribution >= 0.6 is 0 Å². The lowest BCUT2D eigenvalue weighted by atomic mass is 9.90. The monoisotopic (exact) mass is 787 g/mol. The molecule has 0 N–H and O–H groups in total. The number of furan rings is 1. The zero-order valence-corrected chi connectivity index (χ0v) is 33.3. The molecule has 3 heterocycles. The molecule has 0 aliphatic heterocycles. The van der Waals surface area contributed by atoms with Crippen LogP contribution < -0.4 is 0 Å². The summed E-state index contributed by atoms with van der Waals surface area (Å²) >= 11 is 0. The molecule has 62 heavy (non-hydrogen) atoms. The van der Waals surface area contributed by atoms with Crippen molar-refractivity contribution in [2.24, 2.45) is 0 Å². The zero-order valence-electron chi connectivity index (χ0n) is 33.3. The van der Waals surface area contributed by atoms with Crippen molar-refractivity contribution < 1.29 is 4.42 Å². The third-order valence-corrected chi connectivity index (χ3v) is 13.1. The highest BCUT2D eigenvalue weighted by molar-refractivity contribution is 6.35. The summed E-state index contributed by atoms with van der Waals surface area (Å²) in [5.41, 5.74) is 10.7. The molecule has 0 bridgehead atoms. The number of fused-ring (bicyclic) bond motifs is 12. The lowest BCUT2D eigenvalue weighted by Gasteiger charge is -2.18. The van der Waals surface area contributed by atoms with E-state index in [0.717, 1.165) is 50.1 Å². The van der Waals surface area contributed by atoms with Crippen LogP contribution in [0, 0.1) is 0 Å². The van der Waals surface area contributed by atoms with E-state index in [1.807, 2.05) is 36.4 Å². The SMILES string of the molecule is c1ccc(-c2nc(-c3ccccc3)c3oc4ccc(-c5cc6c7ccccc7c7ccccc7c6cc5-n5c6cccc7c8ccccc8c8cccc5c8c76)cc4c3n2)cc1. The summed E-state index contributed by atoms with van der Waals surface area (Å²) in [6, 6.07) is 72.1. The Bertz CT molecular complexity index is 4060. The van der Waals surface area contributed by atoms with Gasteiger partial charge in [0.2, 0.25) is 0 Å². The van der Waals surface area contributed by atoms with Crippen LogP contribution in [0.15, 0.2) is 205 Å². The van der Waals surface area contributed by atoms with Gasteiger partial charge in [-0.15, -0.1) is 0 Å². The molecule has 0 atom stereocenters. The Hall–Kier alpha value is -8.34. The standard InChI is InChI=1S/C58H33N3O/c1-3-15-34(16-4-1)55-57-56(60-58(59-55)35-17-5-2-6-18-35)48-31-36(29-30-52(48)62-57)45-32-46-41-23-11-7-19-37(41)38-20-8-12-24-42(38)47(46)33-51(45)61-49-27-13-25-43-39-21-9-10-22-40(39)44-26-14-28-50(61)54(44)53(43)49/h1-33H. The largest absolute Gasteiger partial charge is 0.452 e. The molecule has 3 aromatic heterocycles. The van der Waals surface area contributed by atoms with E-state index < -0.39 is 0 Å². The minimum Gasteiger partial charge on any atom is -0.452 e. The van der Waals surface area contributed by atoms with Gasteiger partial charge in [0, 0.05) is 32.8 Å². The van der Waals surface area contributed by atoms with Gasteiger partial charge in [-0.3, -0.25) is 0 Å². The summed E-state index contributed by atoms with van der Waals surface area (Å²) in [4.78, 5) is 10.4. The Balaban J connectivity index is 1.13. The Morgan fingerprint density at radius 2 is 0.855 bits per heavy atom. The molecule has 0 unspecified atom stereocenters. The molecule has 286 valence electrons. The summed E-state index contributed by atoms with van der Waals surface area (Å²) in [6.45, 7) is 0. The van der Waals surface area contributed by atoms with Crippen LogP contribution in [0.1, 0.15) is 0 Å². The Morgan fingerprint density at radius 1 is 0.355 bits per heavy atom. The van der Waals surface area contributed by atoms with Crippen molar-refractivity contribution in [3.63, 3.8) is 0 Å². The first-order chi connectivity index (χ1) is 30.8. The third-order valence-electron chi connectivity index (χ3n) is 13.1. The van der Waals surface area contributed by atoms with Crippen LogP contribution in [0.2, 0.25) is 0 Å². The number of nitrogens with zero attached hydrogens (tertiary/aromatic N) is 3. The van der Waals surface area contributed by atoms with E-state index in [4.69, 9.17) is 14.4 Å². The normalized spacial score (nSPS) is 12.2. The summed E-state index contributed by atoms with van der Waals surface area (Å²) < 4.78 is 9.26. The number of hydrogen-bond donors (Lipinski definition) is 0. The third kappa shape index (κ3) is 4.61. The van der Waals surface area contributed by atoms with Crippen molar-refractivity contribution in [2.45, 2.75) is 0 Å². The maximum atomic E-state index is 6.75. The van der Waals surface area contributed by atoms with Crippen LogP contribution in [0.4, 0.5) is 0 Å². The smallest absolute Gasteiger partial charge is 0.180 e. The minimum atomic E-state index is 0.665. The molecular formula is C58H33N3O. The van der Waals surface area contributed by atoms with E-state index in [9.17, 15) is 0 Å². The quantitative estimate of drug-likeness (QED) is 0.167. The average molecular weight is 788 g/mol. The second kappa shape index (κ2) is 12.6. The second-order valence-corrected chi connectivity index (χ2v) is 16.4. The van der Waals surface area contributed by atoms with E-state index in [1.54, 1.807) is 0 Å². The zero-order chi connectivity index (χ0) is 40.5. The molecule has 11 aromatic carbocycles. The Morgan fingerprint density at radius 3 is 1.45 bits per heavy atom. The first-order valence-corrected chi connectivity index (χ1v) is 21.2. The first kappa shape index (κ1) is 33.5. The van der Waals surface area contributed by atoms with Gasteiger partial charge in [-0.05, 0) is 95.8 Å². The van der Waals surface area contributed by atoms with E-state index in [2.05, 4.69) is 168 Å². The highest BCUT2D eigenvalue weighted by Gasteiger charge is 2.24. The van der Waals surface area contributed by atoms with Crippen molar-refractivity contribution in [3.8, 4) is 39.5 Å². The Labute approximate surface area is 354 Å². The van der Waals surface area contributed by atoms with Gasteiger partial charge in [0.25, 0.3) is 0 Å². The number of hydrogen-bond acceptors (Lipinski definition) is 3. The lowest BCUT2D eigenvalue weighted by molar-refractivity contribution is 0.667.